The van der Waals surface area contributed by atoms with Crippen LogP contribution in [0.5, 0.6) is 5.75 Å². The molecule has 1 aromatic carbocycles. The minimum absolute atomic E-state index is 0.472. The van der Waals surface area contributed by atoms with Gasteiger partial charge in [0, 0.05) is 10.5 Å². The molecule has 0 aromatic heterocycles. The molecule has 2 rings (SSSR count). The molecule has 1 atom stereocenters. The summed E-state index contributed by atoms with van der Waals surface area (Å²) in [5, 5.41) is 4.04. The van der Waals surface area contributed by atoms with E-state index in [0.717, 1.165) is 16.8 Å². The lowest BCUT2D eigenvalue weighted by Crippen LogP contribution is -2.28. The monoisotopic (exact) mass is 289 g/mol. The second-order valence-corrected chi connectivity index (χ2v) is 5.00. The molecular formula is C11H13BrClNO. The summed E-state index contributed by atoms with van der Waals surface area (Å²) in [6.07, 6.45) is 2.42. The summed E-state index contributed by atoms with van der Waals surface area (Å²) in [4.78, 5) is 0. The quantitative estimate of drug-likeness (QED) is 0.923. The Labute approximate surface area is 103 Å². The molecule has 1 fully saturated rings. The first-order chi connectivity index (χ1) is 7.25. The van der Waals surface area contributed by atoms with Crippen LogP contribution < -0.4 is 10.1 Å². The van der Waals surface area contributed by atoms with Crippen molar-refractivity contribution in [3.8, 4) is 5.75 Å². The van der Waals surface area contributed by atoms with Crippen molar-refractivity contribution in [2.24, 2.45) is 0 Å². The molecule has 1 aliphatic heterocycles. The fourth-order valence-corrected chi connectivity index (χ4v) is 2.19. The lowest BCUT2D eigenvalue weighted by atomic mass is 10.2. The lowest BCUT2D eigenvalue weighted by Gasteiger charge is -2.13. The van der Waals surface area contributed by atoms with Crippen molar-refractivity contribution in [2.45, 2.75) is 18.9 Å². The van der Waals surface area contributed by atoms with Crippen LogP contribution >= 0.6 is 27.5 Å². The summed E-state index contributed by atoms with van der Waals surface area (Å²) < 4.78 is 6.66. The van der Waals surface area contributed by atoms with Crippen LogP contribution in [0.1, 0.15) is 12.8 Å². The number of halogens is 2. The smallest absolute Gasteiger partial charge is 0.139 e. The first-order valence-corrected chi connectivity index (χ1v) is 6.24. The molecule has 15 heavy (non-hydrogen) atoms. The molecule has 4 heteroatoms. The molecule has 0 unspecified atom stereocenters. The highest BCUT2D eigenvalue weighted by molar-refractivity contribution is 9.10. The van der Waals surface area contributed by atoms with Gasteiger partial charge in [-0.25, -0.2) is 0 Å². The van der Waals surface area contributed by atoms with Crippen molar-refractivity contribution in [2.75, 3.05) is 13.2 Å². The second kappa shape index (κ2) is 5.19. The van der Waals surface area contributed by atoms with Crippen molar-refractivity contribution in [3.63, 3.8) is 0 Å². The molecule has 0 amide bonds. The summed E-state index contributed by atoms with van der Waals surface area (Å²) in [7, 11) is 0. The number of benzene rings is 1. The van der Waals surface area contributed by atoms with E-state index in [0.29, 0.717) is 17.7 Å². The Kier molecular flexibility index (Phi) is 3.89. The summed E-state index contributed by atoms with van der Waals surface area (Å²) in [6, 6.07) is 6.11. The normalized spacial score (nSPS) is 20.5. The predicted molar refractivity (Wildman–Crippen MR) is 65.7 cm³/mol. The highest BCUT2D eigenvalue weighted by atomic mass is 79.9. The Morgan fingerprint density at radius 2 is 2.40 bits per heavy atom. The van der Waals surface area contributed by atoms with Crippen LogP contribution in [0.2, 0.25) is 5.02 Å². The van der Waals surface area contributed by atoms with E-state index < -0.39 is 0 Å². The van der Waals surface area contributed by atoms with Gasteiger partial charge < -0.3 is 10.1 Å². The van der Waals surface area contributed by atoms with E-state index in [2.05, 4.69) is 21.2 Å². The van der Waals surface area contributed by atoms with E-state index >= 15 is 0 Å². The Morgan fingerprint density at radius 3 is 3.13 bits per heavy atom. The molecular weight excluding hydrogens is 277 g/mol. The van der Waals surface area contributed by atoms with Gasteiger partial charge in [-0.05, 0) is 37.6 Å². The van der Waals surface area contributed by atoms with Gasteiger partial charge in [0.05, 0.1) is 5.02 Å². The van der Waals surface area contributed by atoms with Gasteiger partial charge in [-0.3, -0.25) is 0 Å². The molecule has 1 aliphatic rings. The molecule has 0 bridgehead atoms. The maximum atomic E-state index is 6.02. The zero-order valence-corrected chi connectivity index (χ0v) is 10.6. The molecule has 82 valence electrons. The Morgan fingerprint density at radius 1 is 1.53 bits per heavy atom. The number of hydrogen-bond donors (Lipinski definition) is 1. The highest BCUT2D eigenvalue weighted by Crippen LogP contribution is 2.28. The van der Waals surface area contributed by atoms with E-state index in [1.165, 1.54) is 12.8 Å². The van der Waals surface area contributed by atoms with Crippen molar-refractivity contribution < 1.29 is 4.74 Å². The summed E-state index contributed by atoms with van der Waals surface area (Å²) in [6.45, 7) is 1.79. The predicted octanol–water partition coefficient (Wildman–Crippen LogP) is 3.23. The van der Waals surface area contributed by atoms with Gasteiger partial charge in [-0.2, -0.15) is 0 Å². The molecule has 2 nitrogen and oxygen atoms in total. The van der Waals surface area contributed by atoms with Crippen LogP contribution in [-0.2, 0) is 0 Å². The molecule has 0 aliphatic carbocycles. The maximum Gasteiger partial charge on any atom is 0.139 e. The molecule has 1 saturated heterocycles. The van der Waals surface area contributed by atoms with E-state index in [4.69, 9.17) is 16.3 Å². The van der Waals surface area contributed by atoms with Gasteiger partial charge in [-0.15, -0.1) is 0 Å². The fraction of sp³-hybridized carbons (Fsp3) is 0.455. The topological polar surface area (TPSA) is 21.3 Å². The summed E-state index contributed by atoms with van der Waals surface area (Å²) in [5.41, 5.74) is 0. The van der Waals surface area contributed by atoms with Crippen LogP contribution in [-0.4, -0.2) is 19.2 Å². The molecule has 1 heterocycles. The van der Waals surface area contributed by atoms with Crippen molar-refractivity contribution >= 4 is 27.5 Å². The number of hydrogen-bond acceptors (Lipinski definition) is 2. The SMILES string of the molecule is Clc1ccc(Br)cc1OC[C@H]1CCCN1. The average molecular weight is 291 g/mol. The number of ether oxygens (including phenoxy) is 1. The fourth-order valence-electron chi connectivity index (χ4n) is 1.68. The third-order valence-electron chi connectivity index (χ3n) is 2.50. The molecule has 1 aromatic rings. The zero-order chi connectivity index (χ0) is 10.7. The van der Waals surface area contributed by atoms with Crippen molar-refractivity contribution in [3.05, 3.63) is 27.7 Å². The van der Waals surface area contributed by atoms with Gasteiger partial charge in [0.25, 0.3) is 0 Å². The summed E-state index contributed by atoms with van der Waals surface area (Å²) >= 11 is 9.41. The van der Waals surface area contributed by atoms with Crippen molar-refractivity contribution in [1.29, 1.82) is 0 Å². The van der Waals surface area contributed by atoms with E-state index in [9.17, 15) is 0 Å². The first-order valence-electron chi connectivity index (χ1n) is 5.07. The summed E-state index contributed by atoms with van der Waals surface area (Å²) in [5.74, 6) is 0.750. The second-order valence-electron chi connectivity index (χ2n) is 3.68. The van der Waals surface area contributed by atoms with Crippen molar-refractivity contribution in [1.82, 2.24) is 5.32 Å². The Bertz CT molecular complexity index is 339. The highest BCUT2D eigenvalue weighted by Gasteiger charge is 2.15. The van der Waals surface area contributed by atoms with E-state index in [1.54, 1.807) is 0 Å². The van der Waals surface area contributed by atoms with Crippen LogP contribution in [0.4, 0.5) is 0 Å². The Balaban J connectivity index is 1.94. The van der Waals surface area contributed by atoms with Gasteiger partial charge in [0.15, 0.2) is 0 Å². The van der Waals surface area contributed by atoms with Crippen LogP contribution in [0.15, 0.2) is 22.7 Å². The number of nitrogens with one attached hydrogen (secondary N) is 1. The zero-order valence-electron chi connectivity index (χ0n) is 8.30. The third kappa shape index (κ3) is 3.10. The van der Waals surface area contributed by atoms with Crippen LogP contribution in [0, 0.1) is 0 Å². The molecule has 1 N–H and O–H groups in total. The largest absolute Gasteiger partial charge is 0.490 e. The molecule has 0 radical (unpaired) electrons. The van der Waals surface area contributed by atoms with Crippen LogP contribution in [0.25, 0.3) is 0 Å². The Hall–Kier alpha value is -0.250. The molecule has 0 saturated carbocycles. The van der Waals surface area contributed by atoms with Gasteiger partial charge >= 0.3 is 0 Å². The van der Waals surface area contributed by atoms with Gasteiger partial charge in [-0.1, -0.05) is 27.5 Å². The maximum absolute atomic E-state index is 6.02. The minimum atomic E-state index is 0.472. The average Bonchev–Trinajstić information content (AvgIpc) is 2.72. The van der Waals surface area contributed by atoms with Gasteiger partial charge in [0.1, 0.15) is 12.4 Å². The van der Waals surface area contributed by atoms with E-state index in [1.807, 2.05) is 18.2 Å². The standard InChI is InChI=1S/C11H13BrClNO/c12-8-3-4-10(13)11(6-8)15-7-9-2-1-5-14-9/h3-4,6,9,14H,1-2,5,7H2/t9-/m1/s1. The van der Waals surface area contributed by atoms with Crippen LogP contribution in [0.3, 0.4) is 0 Å². The molecule has 0 spiro atoms. The van der Waals surface area contributed by atoms with E-state index in [-0.39, 0.29) is 0 Å². The lowest BCUT2D eigenvalue weighted by molar-refractivity contribution is 0.277. The van der Waals surface area contributed by atoms with Gasteiger partial charge in [0.2, 0.25) is 0 Å². The third-order valence-corrected chi connectivity index (χ3v) is 3.30. The minimum Gasteiger partial charge on any atom is -0.490 e. The first kappa shape index (κ1) is 11.2. The number of rotatable bonds is 3.